The fourth-order valence-electron chi connectivity index (χ4n) is 1.32. The number of carbonyl (C=O) groups is 1. The van der Waals surface area contributed by atoms with Crippen LogP contribution in [0.5, 0.6) is 0 Å². The summed E-state index contributed by atoms with van der Waals surface area (Å²) in [5.74, 6) is -0.968. The molecule has 4 nitrogen and oxygen atoms in total. The molecule has 0 aliphatic rings. The lowest BCUT2D eigenvalue weighted by molar-refractivity contribution is 0.102. The van der Waals surface area contributed by atoms with E-state index in [1.807, 2.05) is 0 Å². The van der Waals surface area contributed by atoms with E-state index in [4.69, 9.17) is 0 Å². The van der Waals surface area contributed by atoms with Crippen molar-refractivity contribution in [1.29, 1.82) is 0 Å². The minimum absolute atomic E-state index is 0.0300. The van der Waals surface area contributed by atoms with E-state index in [2.05, 4.69) is 15.3 Å². The van der Waals surface area contributed by atoms with E-state index in [1.165, 1.54) is 24.4 Å². The van der Waals surface area contributed by atoms with Crippen molar-refractivity contribution >= 4 is 11.9 Å². The van der Waals surface area contributed by atoms with Gasteiger partial charge in [-0.1, -0.05) is 12.1 Å². The maximum Gasteiger partial charge on any atom is 0.260 e. The molecule has 17 heavy (non-hydrogen) atoms. The highest BCUT2D eigenvalue weighted by Crippen LogP contribution is 2.08. The van der Waals surface area contributed by atoms with Gasteiger partial charge in [-0.2, -0.15) is 0 Å². The molecule has 2 rings (SSSR count). The van der Waals surface area contributed by atoms with Crippen molar-refractivity contribution in [3.05, 3.63) is 53.6 Å². The average Bonchev–Trinajstić information content (AvgIpc) is 2.29. The Morgan fingerprint density at radius 3 is 2.76 bits per heavy atom. The molecule has 0 saturated heterocycles. The Hall–Kier alpha value is -2.30. The molecule has 1 heterocycles. The van der Waals surface area contributed by atoms with Crippen LogP contribution in [0.4, 0.5) is 10.3 Å². The molecule has 2 aromatic rings. The Kier molecular flexibility index (Phi) is 3.09. The summed E-state index contributed by atoms with van der Waals surface area (Å²) >= 11 is 0. The van der Waals surface area contributed by atoms with Gasteiger partial charge in [-0.15, -0.1) is 0 Å². The summed E-state index contributed by atoms with van der Waals surface area (Å²) in [5, 5.41) is 2.44. The van der Waals surface area contributed by atoms with Crippen molar-refractivity contribution in [3.8, 4) is 0 Å². The number of hydrogen-bond acceptors (Lipinski definition) is 3. The monoisotopic (exact) mass is 231 g/mol. The summed E-state index contributed by atoms with van der Waals surface area (Å²) in [6.45, 7) is 1.78. The summed E-state index contributed by atoms with van der Waals surface area (Å²) in [7, 11) is 0. The summed E-state index contributed by atoms with van der Waals surface area (Å²) in [5.41, 5.74) is 0.696. The maximum absolute atomic E-state index is 13.3. The smallest absolute Gasteiger partial charge is 0.260 e. The molecule has 0 spiro atoms. The van der Waals surface area contributed by atoms with Crippen molar-refractivity contribution in [2.24, 2.45) is 0 Å². The van der Waals surface area contributed by atoms with Crippen LogP contribution in [0, 0.1) is 12.7 Å². The van der Waals surface area contributed by atoms with E-state index in [-0.39, 0.29) is 11.5 Å². The van der Waals surface area contributed by atoms with Crippen molar-refractivity contribution in [2.75, 3.05) is 5.32 Å². The van der Waals surface area contributed by atoms with Gasteiger partial charge in [-0.3, -0.25) is 10.1 Å². The molecule has 1 amide bonds. The normalized spacial score (nSPS) is 10.0. The van der Waals surface area contributed by atoms with Crippen LogP contribution in [0.25, 0.3) is 0 Å². The van der Waals surface area contributed by atoms with Gasteiger partial charge in [0.25, 0.3) is 5.91 Å². The van der Waals surface area contributed by atoms with Crippen LogP contribution >= 0.6 is 0 Å². The Labute approximate surface area is 97.5 Å². The highest BCUT2D eigenvalue weighted by atomic mass is 19.1. The number of nitrogens with zero attached hydrogens (tertiary/aromatic N) is 2. The summed E-state index contributed by atoms with van der Waals surface area (Å²) in [4.78, 5) is 19.6. The third-order valence-electron chi connectivity index (χ3n) is 2.14. The predicted molar refractivity (Wildman–Crippen MR) is 61.1 cm³/mol. The van der Waals surface area contributed by atoms with E-state index in [0.717, 1.165) is 5.69 Å². The molecule has 0 radical (unpaired) electrons. The van der Waals surface area contributed by atoms with Crippen LogP contribution in [0.15, 0.2) is 36.5 Å². The third-order valence-corrected chi connectivity index (χ3v) is 2.14. The Bertz CT molecular complexity index is 557. The van der Waals surface area contributed by atoms with Gasteiger partial charge < -0.3 is 0 Å². The average molecular weight is 231 g/mol. The fraction of sp³-hybridized carbons (Fsp3) is 0.0833. The molecule has 1 aromatic carbocycles. The van der Waals surface area contributed by atoms with Gasteiger partial charge in [0.2, 0.25) is 5.95 Å². The topological polar surface area (TPSA) is 54.9 Å². The first kappa shape index (κ1) is 11.2. The zero-order valence-corrected chi connectivity index (χ0v) is 9.14. The van der Waals surface area contributed by atoms with Gasteiger partial charge in [0.1, 0.15) is 5.82 Å². The third kappa shape index (κ3) is 2.63. The van der Waals surface area contributed by atoms with Crippen molar-refractivity contribution in [3.63, 3.8) is 0 Å². The van der Waals surface area contributed by atoms with E-state index in [9.17, 15) is 9.18 Å². The van der Waals surface area contributed by atoms with Gasteiger partial charge in [-0.05, 0) is 25.1 Å². The number of aryl methyl sites for hydroxylation is 1. The molecule has 1 aromatic heterocycles. The minimum atomic E-state index is -0.572. The number of anilines is 1. The zero-order chi connectivity index (χ0) is 12.3. The highest BCUT2D eigenvalue weighted by molar-refractivity contribution is 6.03. The van der Waals surface area contributed by atoms with Crippen molar-refractivity contribution in [1.82, 2.24) is 9.97 Å². The quantitative estimate of drug-likeness (QED) is 0.861. The number of halogens is 1. The van der Waals surface area contributed by atoms with Gasteiger partial charge in [0, 0.05) is 11.9 Å². The lowest BCUT2D eigenvalue weighted by atomic mass is 10.2. The SMILES string of the molecule is Cc1ccnc(NC(=O)c2ccccc2F)n1. The van der Waals surface area contributed by atoms with E-state index in [0.29, 0.717) is 0 Å². The van der Waals surface area contributed by atoms with Gasteiger partial charge in [0.05, 0.1) is 5.56 Å². The van der Waals surface area contributed by atoms with Gasteiger partial charge in [-0.25, -0.2) is 14.4 Å². The molecule has 0 bridgehead atoms. The number of nitrogens with one attached hydrogen (secondary N) is 1. The van der Waals surface area contributed by atoms with Crippen LogP contribution in [0.1, 0.15) is 16.1 Å². The molecule has 86 valence electrons. The molecule has 0 aliphatic carbocycles. The van der Waals surface area contributed by atoms with Crippen LogP contribution < -0.4 is 5.32 Å². The lowest BCUT2D eigenvalue weighted by Gasteiger charge is -2.04. The predicted octanol–water partition coefficient (Wildman–Crippen LogP) is 2.18. The second kappa shape index (κ2) is 4.69. The molecule has 1 N–H and O–H groups in total. The van der Waals surface area contributed by atoms with Crippen LogP contribution in [-0.4, -0.2) is 15.9 Å². The number of rotatable bonds is 2. The Balaban J connectivity index is 2.20. The minimum Gasteiger partial charge on any atom is -0.290 e. The molecule has 0 atom stereocenters. The van der Waals surface area contributed by atoms with E-state index in [1.54, 1.807) is 19.1 Å². The second-order valence-electron chi connectivity index (χ2n) is 3.46. The summed E-state index contributed by atoms with van der Waals surface area (Å²) < 4.78 is 13.3. The van der Waals surface area contributed by atoms with Gasteiger partial charge >= 0.3 is 0 Å². The highest BCUT2D eigenvalue weighted by Gasteiger charge is 2.11. The second-order valence-corrected chi connectivity index (χ2v) is 3.46. The van der Waals surface area contributed by atoms with E-state index >= 15 is 0 Å². The van der Waals surface area contributed by atoms with Crippen LogP contribution in [0.2, 0.25) is 0 Å². The number of hydrogen-bond donors (Lipinski definition) is 1. The molecular formula is C12H10FN3O. The molecule has 0 aliphatic heterocycles. The first-order chi connectivity index (χ1) is 8.16. The number of carbonyl (C=O) groups excluding carboxylic acids is 1. The first-order valence-corrected chi connectivity index (χ1v) is 5.02. The largest absolute Gasteiger partial charge is 0.290 e. The first-order valence-electron chi connectivity index (χ1n) is 5.02. The molecule has 0 unspecified atom stereocenters. The molecular weight excluding hydrogens is 221 g/mol. The standard InChI is InChI=1S/C12H10FN3O/c1-8-6-7-14-12(15-8)16-11(17)9-4-2-3-5-10(9)13/h2-7H,1H3,(H,14,15,16,17). The van der Waals surface area contributed by atoms with Crippen molar-refractivity contribution in [2.45, 2.75) is 6.92 Å². The Morgan fingerprint density at radius 2 is 2.06 bits per heavy atom. The fourth-order valence-corrected chi connectivity index (χ4v) is 1.32. The molecule has 0 fully saturated rings. The lowest BCUT2D eigenvalue weighted by Crippen LogP contribution is -2.15. The van der Waals surface area contributed by atoms with Crippen LogP contribution in [-0.2, 0) is 0 Å². The van der Waals surface area contributed by atoms with E-state index < -0.39 is 11.7 Å². The van der Waals surface area contributed by atoms with Gasteiger partial charge in [0.15, 0.2) is 0 Å². The summed E-state index contributed by atoms with van der Waals surface area (Å²) in [6, 6.07) is 7.45. The van der Waals surface area contributed by atoms with Crippen LogP contribution in [0.3, 0.4) is 0 Å². The van der Waals surface area contributed by atoms with Crippen molar-refractivity contribution < 1.29 is 9.18 Å². The number of amides is 1. The zero-order valence-electron chi connectivity index (χ0n) is 9.14. The Morgan fingerprint density at radius 1 is 1.29 bits per heavy atom. The maximum atomic E-state index is 13.3. The molecule has 5 heteroatoms. The summed E-state index contributed by atoms with van der Waals surface area (Å²) in [6.07, 6.45) is 1.53. The number of benzene rings is 1. The number of aromatic nitrogens is 2. The molecule has 0 saturated carbocycles.